The van der Waals surface area contributed by atoms with Crippen LogP contribution in [0.25, 0.3) is 0 Å². The van der Waals surface area contributed by atoms with Gasteiger partial charge in [-0.15, -0.1) is 0 Å². The van der Waals surface area contributed by atoms with E-state index in [-0.39, 0.29) is 5.91 Å². The molecule has 0 aliphatic carbocycles. The molecule has 2 rings (SSSR count). The minimum atomic E-state index is -0.255. The van der Waals surface area contributed by atoms with Gasteiger partial charge in [-0.1, -0.05) is 6.07 Å². The Labute approximate surface area is 105 Å². The molecule has 0 spiro atoms. The van der Waals surface area contributed by atoms with Gasteiger partial charge >= 0.3 is 0 Å². The quantitative estimate of drug-likeness (QED) is 0.857. The Morgan fingerprint density at radius 2 is 2.17 bits per heavy atom. The summed E-state index contributed by atoms with van der Waals surface area (Å²) in [5.74, 6) is 1.05. The lowest BCUT2D eigenvalue weighted by molar-refractivity contribution is 0.102. The number of rotatable bonds is 3. The maximum atomic E-state index is 12.0. The van der Waals surface area contributed by atoms with E-state index in [1.807, 2.05) is 6.92 Å². The van der Waals surface area contributed by atoms with Crippen LogP contribution in [0.1, 0.15) is 16.2 Å². The first kappa shape index (κ1) is 12.1. The summed E-state index contributed by atoms with van der Waals surface area (Å²) < 4.78 is 1.62. The van der Waals surface area contributed by atoms with Gasteiger partial charge in [-0.3, -0.25) is 9.48 Å². The van der Waals surface area contributed by atoms with Crippen LogP contribution in [0.15, 0.2) is 24.3 Å². The zero-order valence-electron chi connectivity index (χ0n) is 10.6. The predicted molar refractivity (Wildman–Crippen MR) is 69.7 cm³/mol. The SMILES string of the molecule is CNc1cccc(C(=O)Nc2cc(C)nn2C)n1. The molecule has 0 aromatic carbocycles. The fraction of sp³-hybridized carbons (Fsp3) is 0.250. The van der Waals surface area contributed by atoms with Gasteiger partial charge in [0.15, 0.2) is 0 Å². The molecule has 0 aliphatic heterocycles. The molecule has 2 N–H and O–H groups in total. The fourth-order valence-corrected chi connectivity index (χ4v) is 1.61. The van der Waals surface area contributed by atoms with E-state index < -0.39 is 0 Å². The maximum absolute atomic E-state index is 12.0. The smallest absolute Gasteiger partial charge is 0.275 e. The second-order valence-electron chi connectivity index (χ2n) is 3.91. The molecule has 0 saturated heterocycles. The molecule has 0 atom stereocenters. The number of carbonyl (C=O) groups excluding carboxylic acids is 1. The lowest BCUT2D eigenvalue weighted by Crippen LogP contribution is -2.16. The molecule has 2 aromatic rings. The van der Waals surface area contributed by atoms with Crippen LogP contribution in [0.2, 0.25) is 0 Å². The number of aromatic nitrogens is 3. The van der Waals surface area contributed by atoms with Crippen molar-refractivity contribution in [2.45, 2.75) is 6.92 Å². The molecule has 2 aromatic heterocycles. The average molecular weight is 245 g/mol. The summed E-state index contributed by atoms with van der Waals surface area (Å²) in [5, 5.41) is 9.82. The Morgan fingerprint density at radius 1 is 1.39 bits per heavy atom. The highest BCUT2D eigenvalue weighted by Crippen LogP contribution is 2.10. The molecule has 0 unspecified atom stereocenters. The molecule has 0 aliphatic rings. The zero-order valence-corrected chi connectivity index (χ0v) is 10.6. The average Bonchev–Trinajstić information content (AvgIpc) is 2.68. The molecular weight excluding hydrogens is 230 g/mol. The second-order valence-corrected chi connectivity index (χ2v) is 3.91. The van der Waals surface area contributed by atoms with Gasteiger partial charge in [-0.2, -0.15) is 5.10 Å². The Bertz CT molecular complexity index is 576. The van der Waals surface area contributed by atoms with Crippen LogP contribution in [0.3, 0.4) is 0 Å². The third kappa shape index (κ3) is 2.48. The first-order valence-corrected chi connectivity index (χ1v) is 5.57. The summed E-state index contributed by atoms with van der Waals surface area (Å²) in [4.78, 5) is 16.2. The lowest BCUT2D eigenvalue weighted by Gasteiger charge is -2.05. The second kappa shape index (κ2) is 4.87. The van der Waals surface area contributed by atoms with E-state index in [9.17, 15) is 4.79 Å². The van der Waals surface area contributed by atoms with Crippen molar-refractivity contribution >= 4 is 17.5 Å². The van der Waals surface area contributed by atoms with Gasteiger partial charge in [-0.05, 0) is 19.1 Å². The third-order valence-electron chi connectivity index (χ3n) is 2.48. The van der Waals surface area contributed by atoms with Crippen molar-refractivity contribution < 1.29 is 4.79 Å². The largest absolute Gasteiger partial charge is 0.373 e. The van der Waals surface area contributed by atoms with E-state index in [2.05, 4.69) is 20.7 Å². The number of hydrogen-bond acceptors (Lipinski definition) is 4. The van der Waals surface area contributed by atoms with Crippen molar-refractivity contribution in [2.75, 3.05) is 17.7 Å². The van der Waals surface area contributed by atoms with Crippen molar-refractivity contribution in [2.24, 2.45) is 7.05 Å². The van der Waals surface area contributed by atoms with Crippen LogP contribution >= 0.6 is 0 Å². The number of aryl methyl sites for hydroxylation is 2. The number of hydrogen-bond donors (Lipinski definition) is 2. The molecule has 6 nitrogen and oxygen atoms in total. The predicted octanol–water partition coefficient (Wildman–Crippen LogP) is 1.42. The zero-order chi connectivity index (χ0) is 13.1. The molecule has 0 bridgehead atoms. The molecular formula is C12H15N5O. The summed E-state index contributed by atoms with van der Waals surface area (Å²) in [5.41, 5.74) is 1.21. The Kier molecular flexibility index (Phi) is 3.27. The summed E-state index contributed by atoms with van der Waals surface area (Å²) >= 11 is 0. The monoisotopic (exact) mass is 245 g/mol. The summed E-state index contributed by atoms with van der Waals surface area (Å²) in [6, 6.07) is 7.05. The highest BCUT2D eigenvalue weighted by Gasteiger charge is 2.10. The third-order valence-corrected chi connectivity index (χ3v) is 2.48. The first-order chi connectivity index (χ1) is 8.60. The molecule has 0 fully saturated rings. The van der Waals surface area contributed by atoms with Gasteiger partial charge in [0.05, 0.1) is 5.69 Å². The fourth-order valence-electron chi connectivity index (χ4n) is 1.61. The number of amides is 1. The number of nitrogens with one attached hydrogen (secondary N) is 2. The Hall–Kier alpha value is -2.37. The Balaban J connectivity index is 2.19. The van der Waals surface area contributed by atoms with Crippen molar-refractivity contribution in [3.05, 3.63) is 35.7 Å². The van der Waals surface area contributed by atoms with E-state index >= 15 is 0 Å². The van der Waals surface area contributed by atoms with Gasteiger partial charge in [-0.25, -0.2) is 4.98 Å². The van der Waals surface area contributed by atoms with Crippen LogP contribution in [-0.2, 0) is 7.05 Å². The van der Waals surface area contributed by atoms with Crippen molar-refractivity contribution in [1.29, 1.82) is 0 Å². The summed E-state index contributed by atoms with van der Waals surface area (Å²) in [6.45, 7) is 1.87. The standard InChI is InChI=1S/C12H15N5O/c1-8-7-11(17(3)16-8)15-12(18)9-5-4-6-10(13-2)14-9/h4-7H,1-3H3,(H,13,14)(H,15,18). The molecule has 1 amide bonds. The van der Waals surface area contributed by atoms with Crippen molar-refractivity contribution in [1.82, 2.24) is 14.8 Å². The van der Waals surface area contributed by atoms with E-state index in [0.717, 1.165) is 5.69 Å². The number of pyridine rings is 1. The van der Waals surface area contributed by atoms with Gasteiger partial charge in [0.1, 0.15) is 17.3 Å². The molecule has 6 heteroatoms. The van der Waals surface area contributed by atoms with E-state index in [1.165, 1.54) is 0 Å². The van der Waals surface area contributed by atoms with Crippen LogP contribution in [0.4, 0.5) is 11.6 Å². The number of carbonyl (C=O) groups is 1. The minimum absolute atomic E-state index is 0.255. The van der Waals surface area contributed by atoms with Gasteiger partial charge in [0.25, 0.3) is 5.91 Å². The Morgan fingerprint density at radius 3 is 2.78 bits per heavy atom. The van der Waals surface area contributed by atoms with Gasteiger partial charge in [0, 0.05) is 20.2 Å². The van der Waals surface area contributed by atoms with Crippen molar-refractivity contribution in [3.8, 4) is 0 Å². The molecule has 94 valence electrons. The van der Waals surface area contributed by atoms with Gasteiger partial charge in [0.2, 0.25) is 0 Å². The summed E-state index contributed by atoms with van der Waals surface area (Å²) in [6.07, 6.45) is 0. The molecule has 18 heavy (non-hydrogen) atoms. The van der Waals surface area contributed by atoms with E-state index in [4.69, 9.17) is 0 Å². The topological polar surface area (TPSA) is 71.8 Å². The molecule has 0 saturated carbocycles. The number of anilines is 2. The van der Waals surface area contributed by atoms with Crippen LogP contribution in [-0.4, -0.2) is 27.7 Å². The van der Waals surface area contributed by atoms with E-state index in [1.54, 1.807) is 43.0 Å². The highest BCUT2D eigenvalue weighted by molar-refractivity contribution is 6.02. The van der Waals surface area contributed by atoms with Gasteiger partial charge < -0.3 is 10.6 Å². The summed E-state index contributed by atoms with van der Waals surface area (Å²) in [7, 11) is 3.54. The normalized spacial score (nSPS) is 10.2. The number of nitrogens with zero attached hydrogens (tertiary/aromatic N) is 3. The maximum Gasteiger partial charge on any atom is 0.275 e. The van der Waals surface area contributed by atoms with Crippen LogP contribution in [0, 0.1) is 6.92 Å². The molecule has 2 heterocycles. The van der Waals surface area contributed by atoms with Crippen LogP contribution in [0.5, 0.6) is 0 Å². The van der Waals surface area contributed by atoms with E-state index in [0.29, 0.717) is 17.3 Å². The first-order valence-electron chi connectivity index (χ1n) is 5.57. The minimum Gasteiger partial charge on any atom is -0.373 e. The van der Waals surface area contributed by atoms with Crippen molar-refractivity contribution in [3.63, 3.8) is 0 Å². The highest BCUT2D eigenvalue weighted by atomic mass is 16.2. The van der Waals surface area contributed by atoms with Crippen LogP contribution < -0.4 is 10.6 Å². The lowest BCUT2D eigenvalue weighted by atomic mass is 10.3. The molecule has 0 radical (unpaired) electrons.